The van der Waals surface area contributed by atoms with Crippen LogP contribution in [0, 0.1) is 0 Å². The maximum Gasteiger partial charge on any atom is 0.253 e. The van der Waals surface area contributed by atoms with E-state index in [2.05, 4.69) is 5.32 Å². The van der Waals surface area contributed by atoms with Crippen LogP contribution in [-0.2, 0) is 0 Å². The van der Waals surface area contributed by atoms with Crippen LogP contribution < -0.4 is 20.5 Å². The molecule has 0 aliphatic carbocycles. The lowest BCUT2D eigenvalue weighted by Gasteiger charge is -2.32. The van der Waals surface area contributed by atoms with Crippen LogP contribution in [0.15, 0.2) is 42.5 Å². The first-order valence-corrected chi connectivity index (χ1v) is 9.19. The highest BCUT2D eigenvalue weighted by Crippen LogP contribution is 2.27. The predicted molar refractivity (Wildman–Crippen MR) is 107 cm³/mol. The van der Waals surface area contributed by atoms with Gasteiger partial charge in [0, 0.05) is 35.9 Å². The lowest BCUT2D eigenvalue weighted by Crippen LogP contribution is -2.46. The molecule has 2 aromatic carbocycles. The number of amides is 2. The van der Waals surface area contributed by atoms with Gasteiger partial charge in [0.05, 0.1) is 14.2 Å². The quantitative estimate of drug-likeness (QED) is 0.773. The highest BCUT2D eigenvalue weighted by Gasteiger charge is 2.25. The molecule has 0 spiro atoms. The minimum absolute atomic E-state index is 0.00957. The van der Waals surface area contributed by atoms with E-state index in [1.54, 1.807) is 49.6 Å². The van der Waals surface area contributed by atoms with Gasteiger partial charge in [-0.15, -0.1) is 0 Å². The van der Waals surface area contributed by atoms with Crippen molar-refractivity contribution >= 4 is 17.5 Å². The number of hydrogen-bond donors (Lipinski definition) is 2. The molecule has 1 saturated heterocycles. The van der Waals surface area contributed by atoms with Crippen LogP contribution in [-0.4, -0.2) is 50.1 Å². The molecule has 7 nitrogen and oxygen atoms in total. The molecule has 1 aliphatic rings. The number of methoxy groups -OCH3 is 2. The van der Waals surface area contributed by atoms with Crippen LogP contribution >= 0.6 is 0 Å². The Morgan fingerprint density at radius 1 is 0.964 bits per heavy atom. The van der Waals surface area contributed by atoms with Crippen LogP contribution in [0.5, 0.6) is 11.5 Å². The Kier molecular flexibility index (Phi) is 6.03. The molecular formula is C21H25N3O4. The molecular weight excluding hydrogens is 358 g/mol. The second-order valence-electron chi connectivity index (χ2n) is 6.73. The minimum Gasteiger partial charge on any atom is -0.493 e. The molecule has 1 heterocycles. The average Bonchev–Trinajstić information content (AvgIpc) is 2.73. The molecule has 3 N–H and O–H groups in total. The van der Waals surface area contributed by atoms with Gasteiger partial charge in [-0.2, -0.15) is 0 Å². The summed E-state index contributed by atoms with van der Waals surface area (Å²) in [6, 6.07) is 12.0. The molecule has 0 bridgehead atoms. The molecule has 0 saturated carbocycles. The summed E-state index contributed by atoms with van der Waals surface area (Å²) in [7, 11) is 3.09. The van der Waals surface area contributed by atoms with Gasteiger partial charge < -0.3 is 25.4 Å². The SMILES string of the molecule is COc1ccc(C(=O)NC2CCN(C(=O)c3ccc(N)cc3)CC2)cc1OC. The maximum atomic E-state index is 12.6. The van der Waals surface area contributed by atoms with Crippen LogP contribution in [0.4, 0.5) is 5.69 Å². The molecule has 0 aromatic heterocycles. The van der Waals surface area contributed by atoms with Gasteiger partial charge in [-0.05, 0) is 55.3 Å². The highest BCUT2D eigenvalue weighted by atomic mass is 16.5. The van der Waals surface area contributed by atoms with E-state index in [0.29, 0.717) is 54.2 Å². The summed E-state index contributed by atoms with van der Waals surface area (Å²) in [5.41, 5.74) is 7.44. The Morgan fingerprint density at radius 3 is 2.18 bits per heavy atom. The number of carbonyl (C=O) groups is 2. The minimum atomic E-state index is -0.163. The fourth-order valence-electron chi connectivity index (χ4n) is 3.28. The zero-order valence-electron chi connectivity index (χ0n) is 16.1. The van der Waals surface area contributed by atoms with Crippen molar-refractivity contribution in [3.63, 3.8) is 0 Å². The molecule has 0 atom stereocenters. The van der Waals surface area contributed by atoms with E-state index in [9.17, 15) is 9.59 Å². The number of benzene rings is 2. The van der Waals surface area contributed by atoms with Crippen molar-refractivity contribution in [2.45, 2.75) is 18.9 Å². The van der Waals surface area contributed by atoms with Gasteiger partial charge in [-0.25, -0.2) is 0 Å². The molecule has 2 aromatic rings. The van der Waals surface area contributed by atoms with Gasteiger partial charge in [0.1, 0.15) is 0 Å². The van der Waals surface area contributed by atoms with Crippen LogP contribution in [0.25, 0.3) is 0 Å². The molecule has 0 unspecified atom stereocenters. The summed E-state index contributed by atoms with van der Waals surface area (Å²) >= 11 is 0. The molecule has 28 heavy (non-hydrogen) atoms. The number of likely N-dealkylation sites (tertiary alicyclic amines) is 1. The van der Waals surface area contributed by atoms with E-state index in [4.69, 9.17) is 15.2 Å². The second kappa shape index (κ2) is 8.65. The standard InChI is InChI=1S/C21H25N3O4/c1-27-18-8-5-15(13-19(18)28-2)20(25)23-17-9-11-24(12-10-17)21(26)14-3-6-16(22)7-4-14/h3-8,13,17H,9-12,22H2,1-2H3,(H,23,25). The van der Waals surface area contributed by atoms with Crippen molar-refractivity contribution in [2.24, 2.45) is 0 Å². The number of nitrogens with two attached hydrogens (primary N) is 1. The summed E-state index contributed by atoms with van der Waals surface area (Å²) in [6.07, 6.45) is 1.42. The zero-order valence-corrected chi connectivity index (χ0v) is 16.1. The summed E-state index contributed by atoms with van der Waals surface area (Å²) in [6.45, 7) is 1.19. The largest absolute Gasteiger partial charge is 0.493 e. The smallest absolute Gasteiger partial charge is 0.253 e. The Labute approximate surface area is 164 Å². The first kappa shape index (κ1) is 19.5. The lowest BCUT2D eigenvalue weighted by molar-refractivity contribution is 0.0698. The first-order chi connectivity index (χ1) is 13.5. The summed E-state index contributed by atoms with van der Waals surface area (Å²) in [5, 5.41) is 3.04. The monoisotopic (exact) mass is 383 g/mol. The number of piperidine rings is 1. The average molecular weight is 383 g/mol. The van der Waals surface area contributed by atoms with Gasteiger partial charge in [0.2, 0.25) is 0 Å². The summed E-state index contributed by atoms with van der Waals surface area (Å²) in [4.78, 5) is 26.9. The third-order valence-electron chi connectivity index (χ3n) is 4.92. The third-order valence-corrected chi connectivity index (χ3v) is 4.92. The van der Waals surface area contributed by atoms with Crippen molar-refractivity contribution in [3.05, 3.63) is 53.6 Å². The zero-order chi connectivity index (χ0) is 20.1. The summed E-state index contributed by atoms with van der Waals surface area (Å²) in [5.74, 6) is 0.918. The Balaban J connectivity index is 1.56. The number of rotatable bonds is 5. The van der Waals surface area contributed by atoms with Crippen LogP contribution in [0.1, 0.15) is 33.6 Å². The van der Waals surface area contributed by atoms with E-state index >= 15 is 0 Å². The predicted octanol–water partition coefficient (Wildman–Crippen LogP) is 2.32. The van der Waals surface area contributed by atoms with Gasteiger partial charge in [0.25, 0.3) is 11.8 Å². The van der Waals surface area contributed by atoms with Crippen molar-refractivity contribution < 1.29 is 19.1 Å². The van der Waals surface area contributed by atoms with Gasteiger partial charge in [-0.3, -0.25) is 9.59 Å². The molecule has 1 aliphatic heterocycles. The van der Waals surface area contributed by atoms with Gasteiger partial charge >= 0.3 is 0 Å². The molecule has 7 heteroatoms. The normalized spacial score (nSPS) is 14.4. The molecule has 148 valence electrons. The van der Waals surface area contributed by atoms with E-state index in [1.807, 2.05) is 4.90 Å². The van der Waals surface area contributed by atoms with Crippen LogP contribution in [0.3, 0.4) is 0 Å². The number of nitrogens with one attached hydrogen (secondary N) is 1. The summed E-state index contributed by atoms with van der Waals surface area (Å²) < 4.78 is 10.4. The number of carbonyl (C=O) groups excluding carboxylic acids is 2. The third kappa shape index (κ3) is 4.36. The molecule has 0 radical (unpaired) electrons. The Bertz CT molecular complexity index is 843. The number of nitrogen functional groups attached to an aromatic ring is 1. The second-order valence-corrected chi connectivity index (χ2v) is 6.73. The van der Waals surface area contributed by atoms with Crippen molar-refractivity contribution in [1.82, 2.24) is 10.2 Å². The highest BCUT2D eigenvalue weighted by molar-refractivity contribution is 5.95. The van der Waals surface area contributed by atoms with Crippen LogP contribution in [0.2, 0.25) is 0 Å². The Hall–Kier alpha value is -3.22. The van der Waals surface area contributed by atoms with E-state index in [0.717, 1.165) is 0 Å². The number of ether oxygens (including phenoxy) is 2. The molecule has 1 fully saturated rings. The topological polar surface area (TPSA) is 93.9 Å². The van der Waals surface area contributed by atoms with Crippen molar-refractivity contribution in [1.29, 1.82) is 0 Å². The first-order valence-electron chi connectivity index (χ1n) is 9.19. The van der Waals surface area contributed by atoms with Crippen molar-refractivity contribution in [2.75, 3.05) is 33.0 Å². The fourth-order valence-corrected chi connectivity index (χ4v) is 3.28. The van der Waals surface area contributed by atoms with E-state index < -0.39 is 0 Å². The van der Waals surface area contributed by atoms with E-state index in [1.165, 1.54) is 7.11 Å². The fraction of sp³-hybridized carbons (Fsp3) is 0.333. The number of anilines is 1. The Morgan fingerprint density at radius 2 is 1.57 bits per heavy atom. The molecule has 2 amide bonds. The number of nitrogens with zero attached hydrogens (tertiary/aromatic N) is 1. The van der Waals surface area contributed by atoms with Gasteiger partial charge in [0.15, 0.2) is 11.5 Å². The molecule has 3 rings (SSSR count). The van der Waals surface area contributed by atoms with Gasteiger partial charge in [-0.1, -0.05) is 0 Å². The van der Waals surface area contributed by atoms with E-state index in [-0.39, 0.29) is 17.9 Å². The number of hydrogen-bond acceptors (Lipinski definition) is 5. The maximum absolute atomic E-state index is 12.6. The lowest BCUT2D eigenvalue weighted by atomic mass is 10.0. The van der Waals surface area contributed by atoms with Crippen molar-refractivity contribution in [3.8, 4) is 11.5 Å².